The molecule has 0 bridgehead atoms. The molecule has 3 aromatic rings. The molecule has 1 aromatic heterocycles. The van der Waals surface area contributed by atoms with E-state index in [1.165, 1.54) is 18.0 Å². The van der Waals surface area contributed by atoms with Crippen LogP contribution in [0.1, 0.15) is 36.7 Å². The van der Waals surface area contributed by atoms with Gasteiger partial charge in [0.15, 0.2) is 0 Å². The first-order valence-corrected chi connectivity index (χ1v) is 13.4. The number of nitrogens with one attached hydrogen (secondary N) is 3. The number of benzene rings is 2. The van der Waals surface area contributed by atoms with E-state index in [2.05, 4.69) is 28.9 Å². The lowest BCUT2D eigenvalue weighted by Crippen LogP contribution is -2.31. The molecule has 9 heteroatoms. The number of dihydropyridines is 1. The third-order valence-electron chi connectivity index (χ3n) is 6.14. The number of anilines is 2. The number of halogens is 1. The Labute approximate surface area is 230 Å². The summed E-state index contributed by atoms with van der Waals surface area (Å²) in [7, 11) is 0. The van der Waals surface area contributed by atoms with Gasteiger partial charge in [-0.1, -0.05) is 48.5 Å². The molecule has 2 aromatic carbocycles. The monoisotopic (exact) mass is 546 g/mol. The van der Waals surface area contributed by atoms with Gasteiger partial charge in [0.2, 0.25) is 5.91 Å². The minimum absolute atomic E-state index is 0.0441. The maximum Gasteiger partial charge on any atom is 0.254 e. The first-order valence-electron chi connectivity index (χ1n) is 12.0. The number of amides is 2. The number of allylic oxidation sites excluding steroid dienone is 2. The van der Waals surface area contributed by atoms with Crippen molar-refractivity contribution < 1.29 is 14.0 Å². The Kier molecular flexibility index (Phi) is 8.62. The molecule has 38 heavy (non-hydrogen) atoms. The van der Waals surface area contributed by atoms with Crippen LogP contribution in [0.15, 0.2) is 87.1 Å². The quantitative estimate of drug-likeness (QED) is 0.297. The predicted molar refractivity (Wildman–Crippen MR) is 152 cm³/mol. The molecule has 4 rings (SSSR count). The third kappa shape index (κ3) is 6.13. The van der Waals surface area contributed by atoms with E-state index in [9.17, 15) is 14.9 Å². The Morgan fingerprint density at radius 3 is 2.47 bits per heavy atom. The Morgan fingerprint density at radius 1 is 1.11 bits per heavy atom. The first kappa shape index (κ1) is 27.1. The van der Waals surface area contributed by atoms with Crippen LogP contribution in [0, 0.1) is 18.3 Å². The highest BCUT2D eigenvalue weighted by Crippen LogP contribution is 2.41. The van der Waals surface area contributed by atoms with Crippen LogP contribution >= 0.6 is 23.4 Å². The van der Waals surface area contributed by atoms with Crippen molar-refractivity contribution in [2.45, 2.75) is 33.1 Å². The van der Waals surface area contributed by atoms with Gasteiger partial charge in [0.25, 0.3) is 5.91 Å². The predicted octanol–water partition coefficient (Wildman–Crippen LogP) is 6.51. The number of carbonyl (C=O) groups is 2. The summed E-state index contributed by atoms with van der Waals surface area (Å²) in [4.78, 5) is 26.1. The highest BCUT2D eigenvalue weighted by molar-refractivity contribution is 8.03. The van der Waals surface area contributed by atoms with Crippen LogP contribution in [0.3, 0.4) is 0 Å². The summed E-state index contributed by atoms with van der Waals surface area (Å²) in [5.74, 6) is -0.816. The van der Waals surface area contributed by atoms with E-state index in [0.717, 1.165) is 17.5 Å². The van der Waals surface area contributed by atoms with Crippen LogP contribution in [0.5, 0.6) is 0 Å². The molecule has 2 heterocycles. The normalized spacial score (nSPS) is 15.1. The second kappa shape index (κ2) is 12.1. The third-order valence-corrected chi connectivity index (χ3v) is 7.57. The minimum Gasteiger partial charge on any atom is -0.468 e. The Hall–Kier alpha value is -3.93. The number of rotatable bonds is 8. The lowest BCUT2D eigenvalue weighted by Gasteiger charge is -2.28. The lowest BCUT2D eigenvalue weighted by atomic mass is 9.85. The Morgan fingerprint density at radius 2 is 1.84 bits per heavy atom. The molecule has 0 unspecified atom stereocenters. The van der Waals surface area contributed by atoms with E-state index < -0.39 is 5.92 Å². The second-order valence-electron chi connectivity index (χ2n) is 8.77. The van der Waals surface area contributed by atoms with Crippen LogP contribution in [0.4, 0.5) is 11.4 Å². The number of nitriles is 1. The van der Waals surface area contributed by atoms with Gasteiger partial charge in [-0.25, -0.2) is 0 Å². The van der Waals surface area contributed by atoms with E-state index >= 15 is 0 Å². The fourth-order valence-electron chi connectivity index (χ4n) is 4.10. The fraction of sp³-hybridized carbons (Fsp3) is 0.207. The van der Waals surface area contributed by atoms with Crippen molar-refractivity contribution in [3.05, 3.63) is 105 Å². The standard InChI is InChI=1S/C29H27ClN4O3S/c1-4-19-8-11-20(12-9-19)34-28(36)26-18(3)32-29(22(15-31)27(26)24-6-5-13-37-24)38-16-25(35)33-21-10-7-17(2)23(30)14-21/h5-14,27,32H,4,16H2,1-3H3,(H,33,35)(H,34,36)/t27-/m0/s1. The van der Waals surface area contributed by atoms with Crippen molar-refractivity contribution in [2.24, 2.45) is 0 Å². The van der Waals surface area contributed by atoms with Crippen molar-refractivity contribution in [2.75, 3.05) is 16.4 Å². The molecular weight excluding hydrogens is 520 g/mol. The van der Waals surface area contributed by atoms with Gasteiger partial charge in [-0.15, -0.1) is 0 Å². The molecule has 0 fully saturated rings. The smallest absolute Gasteiger partial charge is 0.254 e. The number of carbonyl (C=O) groups excluding carboxylic acids is 2. The molecule has 1 aliphatic heterocycles. The first-order chi connectivity index (χ1) is 18.3. The van der Waals surface area contributed by atoms with Crippen molar-refractivity contribution in [1.29, 1.82) is 5.26 Å². The van der Waals surface area contributed by atoms with E-state index in [-0.39, 0.29) is 17.6 Å². The van der Waals surface area contributed by atoms with E-state index in [1.54, 1.807) is 31.2 Å². The fourth-order valence-corrected chi connectivity index (χ4v) is 5.17. The molecule has 0 saturated heterocycles. The number of furan rings is 1. The van der Waals surface area contributed by atoms with Crippen LogP contribution in [0.2, 0.25) is 5.02 Å². The minimum atomic E-state index is -0.729. The molecule has 7 nitrogen and oxygen atoms in total. The largest absolute Gasteiger partial charge is 0.468 e. The molecular formula is C29H27ClN4O3S. The summed E-state index contributed by atoms with van der Waals surface area (Å²) in [5, 5.41) is 20.1. The molecule has 2 amide bonds. The van der Waals surface area contributed by atoms with Crippen molar-refractivity contribution in [3.63, 3.8) is 0 Å². The average molecular weight is 547 g/mol. The van der Waals surface area contributed by atoms with E-state index in [0.29, 0.717) is 44.0 Å². The zero-order valence-corrected chi connectivity index (χ0v) is 22.8. The topological polar surface area (TPSA) is 107 Å². The second-order valence-corrected chi connectivity index (χ2v) is 10.2. The molecule has 1 atom stereocenters. The Balaban J connectivity index is 1.56. The van der Waals surface area contributed by atoms with Gasteiger partial charge in [0.05, 0.1) is 40.2 Å². The van der Waals surface area contributed by atoms with Crippen LogP contribution in [-0.2, 0) is 16.0 Å². The molecule has 1 aliphatic rings. The summed E-state index contributed by atoms with van der Waals surface area (Å²) in [6, 6.07) is 18.6. The summed E-state index contributed by atoms with van der Waals surface area (Å²) >= 11 is 7.35. The van der Waals surface area contributed by atoms with Crippen LogP contribution in [0.25, 0.3) is 0 Å². The zero-order valence-electron chi connectivity index (χ0n) is 21.2. The summed E-state index contributed by atoms with van der Waals surface area (Å²) in [6.07, 6.45) is 2.41. The average Bonchev–Trinajstić information content (AvgIpc) is 3.44. The number of nitrogens with zero attached hydrogens (tertiary/aromatic N) is 1. The van der Waals surface area contributed by atoms with Gasteiger partial charge in [-0.3, -0.25) is 9.59 Å². The van der Waals surface area contributed by atoms with Gasteiger partial charge in [0, 0.05) is 22.1 Å². The van der Waals surface area contributed by atoms with Crippen molar-refractivity contribution in [3.8, 4) is 6.07 Å². The molecule has 194 valence electrons. The van der Waals surface area contributed by atoms with E-state index in [1.807, 2.05) is 37.3 Å². The lowest BCUT2D eigenvalue weighted by molar-refractivity contribution is -0.114. The van der Waals surface area contributed by atoms with E-state index in [4.69, 9.17) is 16.0 Å². The number of thioether (sulfide) groups is 1. The molecule has 0 radical (unpaired) electrons. The highest BCUT2D eigenvalue weighted by atomic mass is 35.5. The summed E-state index contributed by atoms with van der Waals surface area (Å²) in [6.45, 7) is 5.72. The molecule has 3 N–H and O–H groups in total. The highest BCUT2D eigenvalue weighted by Gasteiger charge is 2.36. The Bertz CT molecular complexity index is 1450. The number of aryl methyl sites for hydroxylation is 2. The van der Waals surface area contributed by atoms with Crippen LogP contribution in [-0.4, -0.2) is 17.6 Å². The van der Waals surface area contributed by atoms with Gasteiger partial charge in [-0.05, 0) is 67.8 Å². The maximum atomic E-state index is 13.5. The van der Waals surface area contributed by atoms with Crippen LogP contribution < -0.4 is 16.0 Å². The maximum absolute atomic E-state index is 13.5. The number of hydrogen-bond acceptors (Lipinski definition) is 6. The molecule has 0 aliphatic carbocycles. The summed E-state index contributed by atoms with van der Waals surface area (Å²) in [5.41, 5.74) is 4.57. The number of hydrogen-bond donors (Lipinski definition) is 3. The molecule has 0 saturated carbocycles. The zero-order chi connectivity index (χ0) is 27.2. The van der Waals surface area contributed by atoms with Crippen molar-refractivity contribution >= 4 is 46.6 Å². The SMILES string of the molecule is CCc1ccc(NC(=O)C2=C(C)NC(SCC(=O)Nc3ccc(C)c(Cl)c3)=C(C#N)[C@H]2c2ccco2)cc1. The summed E-state index contributed by atoms with van der Waals surface area (Å²) < 4.78 is 5.66. The van der Waals surface area contributed by atoms with Gasteiger partial charge < -0.3 is 20.4 Å². The van der Waals surface area contributed by atoms with Gasteiger partial charge >= 0.3 is 0 Å². The van der Waals surface area contributed by atoms with Gasteiger partial charge in [-0.2, -0.15) is 5.26 Å². The molecule has 0 spiro atoms. The van der Waals surface area contributed by atoms with Gasteiger partial charge in [0.1, 0.15) is 5.76 Å². The van der Waals surface area contributed by atoms with Crippen molar-refractivity contribution in [1.82, 2.24) is 5.32 Å².